The lowest BCUT2D eigenvalue weighted by Gasteiger charge is -2.20. The molecule has 0 bridgehead atoms. The van der Waals surface area contributed by atoms with E-state index < -0.39 is 18.1 Å². The van der Waals surface area contributed by atoms with E-state index >= 15 is 0 Å². The van der Waals surface area contributed by atoms with Crippen molar-refractivity contribution in [3.8, 4) is 0 Å². The summed E-state index contributed by atoms with van der Waals surface area (Å²) < 4.78 is 10.2. The molecule has 6 heteroatoms. The first-order chi connectivity index (χ1) is 13.1. The Kier molecular flexibility index (Phi) is 5.88. The molecule has 0 aliphatic rings. The van der Waals surface area contributed by atoms with Gasteiger partial charge in [-0.3, -0.25) is 4.79 Å². The number of aromatic nitrogens is 1. The number of para-hydroxylation sites is 1. The molecule has 0 spiro atoms. The highest BCUT2D eigenvalue weighted by molar-refractivity contribution is 5.89. The molecule has 1 heterocycles. The lowest BCUT2D eigenvalue weighted by molar-refractivity contribution is -0.146. The Hall–Kier alpha value is -3.12. The fourth-order valence-electron chi connectivity index (χ4n) is 3.13. The number of hydrogen-bond acceptors (Lipinski definition) is 4. The first-order valence-electron chi connectivity index (χ1n) is 8.65. The highest BCUT2D eigenvalue weighted by Crippen LogP contribution is 2.21. The van der Waals surface area contributed by atoms with Gasteiger partial charge in [0.05, 0.1) is 7.11 Å². The van der Waals surface area contributed by atoms with Crippen molar-refractivity contribution in [3.05, 3.63) is 71.9 Å². The normalized spacial score (nSPS) is 13.1. The molecule has 2 atom stereocenters. The molecule has 140 valence electrons. The fraction of sp³-hybridized carbons (Fsp3) is 0.238. The molecule has 27 heavy (non-hydrogen) atoms. The smallest absolute Gasteiger partial charge is 0.328 e. The quantitative estimate of drug-likeness (QED) is 0.630. The van der Waals surface area contributed by atoms with E-state index in [4.69, 9.17) is 9.47 Å². The number of carbonyl (C=O) groups is 2. The highest BCUT2D eigenvalue weighted by atomic mass is 16.5. The number of benzene rings is 2. The van der Waals surface area contributed by atoms with Gasteiger partial charge in [0.25, 0.3) is 5.91 Å². The van der Waals surface area contributed by atoms with Crippen LogP contribution in [0.3, 0.4) is 0 Å². The molecule has 2 aromatic carbocycles. The molecule has 0 aliphatic carbocycles. The van der Waals surface area contributed by atoms with Crippen LogP contribution in [-0.2, 0) is 25.5 Å². The molecule has 3 rings (SSSR count). The number of rotatable bonds is 7. The lowest BCUT2D eigenvalue weighted by Crippen LogP contribution is -2.45. The van der Waals surface area contributed by atoms with Gasteiger partial charge in [-0.1, -0.05) is 48.5 Å². The van der Waals surface area contributed by atoms with Crippen molar-refractivity contribution in [2.45, 2.75) is 18.6 Å². The van der Waals surface area contributed by atoms with Crippen molar-refractivity contribution in [3.63, 3.8) is 0 Å². The third-order valence-electron chi connectivity index (χ3n) is 4.48. The second-order valence-corrected chi connectivity index (χ2v) is 6.17. The van der Waals surface area contributed by atoms with Crippen LogP contribution in [0.15, 0.2) is 60.8 Å². The van der Waals surface area contributed by atoms with Crippen LogP contribution in [0, 0.1) is 0 Å². The number of nitrogens with one attached hydrogen (secondary N) is 2. The van der Waals surface area contributed by atoms with Crippen LogP contribution in [0.25, 0.3) is 10.9 Å². The Morgan fingerprint density at radius 1 is 1.04 bits per heavy atom. The van der Waals surface area contributed by atoms with E-state index in [-0.39, 0.29) is 5.91 Å². The maximum absolute atomic E-state index is 12.7. The molecule has 0 saturated carbocycles. The first kappa shape index (κ1) is 18.7. The number of H-pyrrole nitrogens is 1. The zero-order valence-corrected chi connectivity index (χ0v) is 15.3. The number of esters is 1. The summed E-state index contributed by atoms with van der Waals surface area (Å²) in [6.07, 6.45) is 1.35. The van der Waals surface area contributed by atoms with E-state index in [2.05, 4.69) is 10.3 Å². The molecule has 0 unspecified atom stereocenters. The zero-order valence-electron chi connectivity index (χ0n) is 15.3. The molecular weight excluding hydrogens is 344 g/mol. The molecule has 0 aliphatic heterocycles. The monoisotopic (exact) mass is 366 g/mol. The predicted molar refractivity (Wildman–Crippen MR) is 102 cm³/mol. The van der Waals surface area contributed by atoms with Gasteiger partial charge in [-0.2, -0.15) is 0 Å². The van der Waals surface area contributed by atoms with Gasteiger partial charge in [0.1, 0.15) is 6.04 Å². The minimum atomic E-state index is -0.817. The van der Waals surface area contributed by atoms with E-state index in [0.29, 0.717) is 12.0 Å². The average Bonchev–Trinajstić information content (AvgIpc) is 3.11. The summed E-state index contributed by atoms with van der Waals surface area (Å²) in [7, 11) is 2.77. The summed E-state index contributed by atoms with van der Waals surface area (Å²) in [6, 6.07) is 16.1. The third-order valence-corrected chi connectivity index (χ3v) is 4.48. The Morgan fingerprint density at radius 3 is 2.44 bits per heavy atom. The Morgan fingerprint density at radius 2 is 1.74 bits per heavy atom. The summed E-state index contributed by atoms with van der Waals surface area (Å²) >= 11 is 0. The number of ether oxygens (including phenoxy) is 2. The summed E-state index contributed by atoms with van der Waals surface area (Å²) in [5.74, 6) is -0.893. The van der Waals surface area contributed by atoms with E-state index in [1.165, 1.54) is 14.2 Å². The second kappa shape index (κ2) is 8.51. The van der Waals surface area contributed by atoms with Crippen molar-refractivity contribution < 1.29 is 19.1 Å². The van der Waals surface area contributed by atoms with Gasteiger partial charge in [-0.05, 0) is 17.2 Å². The van der Waals surface area contributed by atoms with E-state index in [0.717, 1.165) is 16.5 Å². The highest BCUT2D eigenvalue weighted by Gasteiger charge is 2.28. The first-order valence-corrected chi connectivity index (χ1v) is 8.65. The van der Waals surface area contributed by atoms with E-state index in [1.54, 1.807) is 12.1 Å². The van der Waals surface area contributed by atoms with Crippen molar-refractivity contribution in [2.75, 3.05) is 14.2 Å². The Bertz CT molecular complexity index is 920. The molecule has 0 radical (unpaired) electrons. The van der Waals surface area contributed by atoms with Crippen LogP contribution in [0.1, 0.15) is 17.2 Å². The van der Waals surface area contributed by atoms with Gasteiger partial charge in [0.15, 0.2) is 6.10 Å². The van der Waals surface area contributed by atoms with Crippen molar-refractivity contribution in [1.82, 2.24) is 10.3 Å². The van der Waals surface area contributed by atoms with Gasteiger partial charge >= 0.3 is 5.97 Å². The number of hydrogen-bond donors (Lipinski definition) is 2. The summed E-state index contributed by atoms with van der Waals surface area (Å²) in [4.78, 5) is 28.2. The van der Waals surface area contributed by atoms with Gasteiger partial charge in [-0.25, -0.2) is 4.79 Å². The predicted octanol–water partition coefficient (Wildman–Crippen LogP) is 2.76. The molecular formula is C21H22N2O4. The average molecular weight is 366 g/mol. The van der Waals surface area contributed by atoms with Crippen LogP contribution < -0.4 is 5.32 Å². The van der Waals surface area contributed by atoms with Crippen LogP contribution in [-0.4, -0.2) is 37.1 Å². The molecule has 1 aromatic heterocycles. The number of methoxy groups -OCH3 is 2. The van der Waals surface area contributed by atoms with Crippen molar-refractivity contribution >= 4 is 22.8 Å². The van der Waals surface area contributed by atoms with E-state index in [9.17, 15) is 9.59 Å². The maximum atomic E-state index is 12.7. The number of amides is 1. The summed E-state index contributed by atoms with van der Waals surface area (Å²) in [5.41, 5.74) is 2.62. The summed E-state index contributed by atoms with van der Waals surface area (Å²) in [6.45, 7) is 0. The van der Waals surface area contributed by atoms with Crippen molar-refractivity contribution in [2.24, 2.45) is 0 Å². The molecule has 1 amide bonds. The van der Waals surface area contributed by atoms with Crippen LogP contribution in [0.2, 0.25) is 0 Å². The lowest BCUT2D eigenvalue weighted by atomic mass is 10.0. The molecule has 6 nitrogen and oxygen atoms in total. The Labute approximate surface area is 157 Å². The SMILES string of the molecule is COC(=O)[C@H](Cc1c[nH]c2ccccc12)NC(=O)[C@H](OC)c1ccccc1. The largest absolute Gasteiger partial charge is 0.467 e. The molecule has 2 N–H and O–H groups in total. The fourth-order valence-corrected chi connectivity index (χ4v) is 3.13. The summed E-state index contributed by atoms with van der Waals surface area (Å²) in [5, 5.41) is 3.77. The van der Waals surface area contributed by atoms with Crippen molar-refractivity contribution in [1.29, 1.82) is 0 Å². The number of fused-ring (bicyclic) bond motifs is 1. The molecule has 3 aromatic rings. The number of carbonyl (C=O) groups excluding carboxylic acids is 2. The van der Waals surface area contributed by atoms with Gasteiger partial charge in [0.2, 0.25) is 0 Å². The van der Waals surface area contributed by atoms with Gasteiger partial charge < -0.3 is 19.8 Å². The van der Waals surface area contributed by atoms with Gasteiger partial charge in [0, 0.05) is 30.6 Å². The standard InChI is InChI=1S/C21H22N2O4/c1-26-19(14-8-4-3-5-9-14)20(24)23-18(21(25)27-2)12-15-13-22-17-11-7-6-10-16(15)17/h3-11,13,18-19,22H,12H2,1-2H3,(H,23,24)/t18-,19+/m0/s1. The minimum absolute atomic E-state index is 0.313. The van der Waals surface area contributed by atoms with E-state index in [1.807, 2.05) is 48.7 Å². The van der Waals surface area contributed by atoms with Crippen LogP contribution in [0.5, 0.6) is 0 Å². The maximum Gasteiger partial charge on any atom is 0.328 e. The van der Waals surface area contributed by atoms with Crippen LogP contribution in [0.4, 0.5) is 0 Å². The minimum Gasteiger partial charge on any atom is -0.467 e. The number of aromatic amines is 1. The van der Waals surface area contributed by atoms with Crippen LogP contribution >= 0.6 is 0 Å². The molecule has 0 fully saturated rings. The second-order valence-electron chi connectivity index (χ2n) is 6.17. The third kappa shape index (κ3) is 4.17. The molecule has 0 saturated heterocycles. The van der Waals surface area contributed by atoms with Gasteiger partial charge in [-0.15, -0.1) is 0 Å². The topological polar surface area (TPSA) is 80.4 Å². The zero-order chi connectivity index (χ0) is 19.2. The Balaban J connectivity index is 1.80.